The van der Waals surface area contributed by atoms with Crippen molar-refractivity contribution in [2.45, 2.75) is 45.7 Å². The SMILES string of the molecule is Cc1cc(C)n(C[C@@H]2CCCCN2CC(=O)Nc2cccnc2)n1. The van der Waals surface area contributed by atoms with Crippen LogP contribution in [-0.2, 0) is 11.3 Å². The maximum atomic E-state index is 12.3. The predicted octanol–water partition coefficient (Wildman–Crippen LogP) is 2.39. The number of aromatic nitrogens is 3. The molecule has 6 heteroatoms. The first kappa shape index (κ1) is 16.6. The molecule has 1 aliphatic rings. The Hall–Kier alpha value is -2.21. The third kappa shape index (κ3) is 4.20. The maximum Gasteiger partial charge on any atom is 0.238 e. The van der Waals surface area contributed by atoms with Crippen molar-refractivity contribution in [2.24, 2.45) is 0 Å². The smallest absolute Gasteiger partial charge is 0.238 e. The highest BCUT2D eigenvalue weighted by atomic mass is 16.2. The minimum Gasteiger partial charge on any atom is -0.324 e. The Morgan fingerprint density at radius 1 is 1.38 bits per heavy atom. The summed E-state index contributed by atoms with van der Waals surface area (Å²) in [5.41, 5.74) is 2.97. The Bertz CT molecular complexity index is 682. The fraction of sp³-hybridized carbons (Fsp3) is 0.500. The second-order valence-electron chi connectivity index (χ2n) is 6.52. The van der Waals surface area contributed by atoms with Gasteiger partial charge in [0.1, 0.15) is 0 Å². The summed E-state index contributed by atoms with van der Waals surface area (Å²) in [7, 11) is 0. The quantitative estimate of drug-likeness (QED) is 0.916. The fourth-order valence-electron chi connectivity index (χ4n) is 3.36. The third-order valence-electron chi connectivity index (χ3n) is 4.53. The minimum atomic E-state index is 0.0169. The molecule has 2 aromatic rings. The molecule has 0 aliphatic carbocycles. The summed E-state index contributed by atoms with van der Waals surface area (Å²) in [5, 5.41) is 7.49. The molecule has 0 spiro atoms. The Morgan fingerprint density at radius 3 is 2.96 bits per heavy atom. The molecule has 1 amide bonds. The van der Waals surface area contributed by atoms with Gasteiger partial charge < -0.3 is 5.32 Å². The van der Waals surface area contributed by atoms with Gasteiger partial charge in [-0.25, -0.2) is 0 Å². The number of carbonyl (C=O) groups is 1. The first-order chi connectivity index (χ1) is 11.6. The van der Waals surface area contributed by atoms with Gasteiger partial charge in [0.2, 0.25) is 5.91 Å². The number of anilines is 1. The zero-order valence-electron chi connectivity index (χ0n) is 14.4. The minimum absolute atomic E-state index is 0.0169. The second kappa shape index (κ2) is 7.57. The van der Waals surface area contributed by atoms with Crippen molar-refractivity contribution in [3.63, 3.8) is 0 Å². The molecule has 0 bridgehead atoms. The molecule has 1 N–H and O–H groups in total. The van der Waals surface area contributed by atoms with E-state index in [-0.39, 0.29) is 5.91 Å². The van der Waals surface area contributed by atoms with Gasteiger partial charge in [0.25, 0.3) is 0 Å². The van der Waals surface area contributed by atoms with Crippen LogP contribution in [0.2, 0.25) is 0 Å². The summed E-state index contributed by atoms with van der Waals surface area (Å²) in [4.78, 5) is 18.7. The lowest BCUT2D eigenvalue weighted by molar-refractivity contribution is -0.118. The number of carbonyl (C=O) groups excluding carboxylic acids is 1. The number of nitrogens with one attached hydrogen (secondary N) is 1. The molecule has 1 fully saturated rings. The van der Waals surface area contributed by atoms with Crippen molar-refractivity contribution >= 4 is 11.6 Å². The van der Waals surface area contributed by atoms with Crippen LogP contribution in [0.5, 0.6) is 0 Å². The van der Waals surface area contributed by atoms with Gasteiger partial charge in [0, 0.05) is 17.9 Å². The van der Waals surface area contributed by atoms with E-state index < -0.39 is 0 Å². The molecule has 24 heavy (non-hydrogen) atoms. The monoisotopic (exact) mass is 327 g/mol. The summed E-state index contributed by atoms with van der Waals surface area (Å²) in [6, 6.07) is 6.13. The van der Waals surface area contributed by atoms with Gasteiger partial charge in [-0.2, -0.15) is 5.10 Å². The molecule has 0 aromatic carbocycles. The number of amides is 1. The van der Waals surface area contributed by atoms with Gasteiger partial charge in [-0.15, -0.1) is 0 Å². The molecular weight excluding hydrogens is 302 g/mol. The first-order valence-electron chi connectivity index (χ1n) is 8.57. The van der Waals surface area contributed by atoms with E-state index in [4.69, 9.17) is 0 Å². The van der Waals surface area contributed by atoms with E-state index in [1.807, 2.05) is 19.1 Å². The van der Waals surface area contributed by atoms with Crippen LogP contribution < -0.4 is 5.32 Å². The zero-order chi connectivity index (χ0) is 16.9. The fourth-order valence-corrected chi connectivity index (χ4v) is 3.36. The standard InChI is InChI=1S/C18H25N5O/c1-14-10-15(2)23(21-14)12-17-7-3-4-9-22(17)13-18(24)20-16-6-5-8-19-11-16/h5-6,8,10-11,17H,3-4,7,9,12-13H2,1-2H3,(H,20,24)/t17-/m0/s1. The third-order valence-corrected chi connectivity index (χ3v) is 4.53. The Kier molecular flexibility index (Phi) is 5.25. The van der Waals surface area contributed by atoms with Gasteiger partial charge in [-0.3, -0.25) is 19.4 Å². The van der Waals surface area contributed by atoms with E-state index in [0.29, 0.717) is 12.6 Å². The summed E-state index contributed by atoms with van der Waals surface area (Å²) in [6.45, 7) is 6.33. The van der Waals surface area contributed by atoms with E-state index >= 15 is 0 Å². The van der Waals surface area contributed by atoms with Gasteiger partial charge in [-0.05, 0) is 51.4 Å². The predicted molar refractivity (Wildman–Crippen MR) is 93.8 cm³/mol. The maximum absolute atomic E-state index is 12.3. The lowest BCUT2D eigenvalue weighted by atomic mass is 10.0. The van der Waals surface area contributed by atoms with E-state index in [9.17, 15) is 4.79 Å². The highest BCUT2D eigenvalue weighted by Gasteiger charge is 2.25. The van der Waals surface area contributed by atoms with Crippen molar-refractivity contribution in [3.8, 4) is 0 Å². The van der Waals surface area contributed by atoms with Crippen LogP contribution in [0.25, 0.3) is 0 Å². The molecule has 0 unspecified atom stereocenters. The molecule has 2 aromatic heterocycles. The van der Waals surface area contributed by atoms with E-state index in [2.05, 4.69) is 38.0 Å². The Labute approximate surface area is 142 Å². The second-order valence-corrected chi connectivity index (χ2v) is 6.52. The van der Waals surface area contributed by atoms with Crippen molar-refractivity contribution in [1.29, 1.82) is 0 Å². The lowest BCUT2D eigenvalue weighted by Gasteiger charge is -2.35. The van der Waals surface area contributed by atoms with Crippen LogP contribution in [0.15, 0.2) is 30.6 Å². The summed E-state index contributed by atoms with van der Waals surface area (Å²) < 4.78 is 2.07. The lowest BCUT2D eigenvalue weighted by Crippen LogP contribution is -2.46. The van der Waals surface area contributed by atoms with Crippen molar-refractivity contribution in [2.75, 3.05) is 18.4 Å². The van der Waals surface area contributed by atoms with Gasteiger partial charge >= 0.3 is 0 Å². The number of hydrogen-bond donors (Lipinski definition) is 1. The number of likely N-dealkylation sites (tertiary alicyclic amines) is 1. The molecular formula is C18H25N5O. The van der Waals surface area contributed by atoms with Crippen LogP contribution in [0.3, 0.4) is 0 Å². The molecule has 128 valence electrons. The highest BCUT2D eigenvalue weighted by molar-refractivity contribution is 5.92. The first-order valence-corrected chi connectivity index (χ1v) is 8.57. The van der Waals surface area contributed by atoms with Crippen LogP contribution in [-0.4, -0.2) is 44.7 Å². The summed E-state index contributed by atoms with van der Waals surface area (Å²) in [6.07, 6.45) is 6.84. The van der Waals surface area contributed by atoms with Crippen molar-refractivity contribution in [3.05, 3.63) is 42.0 Å². The molecule has 0 saturated carbocycles. The van der Waals surface area contributed by atoms with Crippen LogP contribution in [0.1, 0.15) is 30.7 Å². The van der Waals surface area contributed by atoms with Crippen molar-refractivity contribution < 1.29 is 4.79 Å². The molecule has 1 aliphatic heterocycles. The summed E-state index contributed by atoms with van der Waals surface area (Å²) in [5.74, 6) is 0.0169. The molecule has 0 radical (unpaired) electrons. The number of nitrogens with zero attached hydrogens (tertiary/aromatic N) is 4. The van der Waals surface area contributed by atoms with Crippen LogP contribution in [0.4, 0.5) is 5.69 Å². The van der Waals surface area contributed by atoms with Crippen LogP contribution >= 0.6 is 0 Å². The highest BCUT2D eigenvalue weighted by Crippen LogP contribution is 2.19. The van der Waals surface area contributed by atoms with E-state index in [1.165, 1.54) is 12.1 Å². The number of pyridine rings is 1. The molecule has 1 atom stereocenters. The topological polar surface area (TPSA) is 63.1 Å². The largest absolute Gasteiger partial charge is 0.324 e. The molecule has 3 heterocycles. The normalized spacial score (nSPS) is 18.5. The van der Waals surface area contributed by atoms with Gasteiger partial charge in [0.15, 0.2) is 0 Å². The van der Waals surface area contributed by atoms with Crippen molar-refractivity contribution in [1.82, 2.24) is 19.7 Å². The average Bonchev–Trinajstić information content (AvgIpc) is 2.87. The Morgan fingerprint density at radius 2 is 2.25 bits per heavy atom. The van der Waals surface area contributed by atoms with Gasteiger partial charge in [0.05, 0.1) is 30.7 Å². The number of aryl methyl sites for hydroxylation is 2. The number of hydrogen-bond acceptors (Lipinski definition) is 4. The van der Waals surface area contributed by atoms with Crippen LogP contribution in [0, 0.1) is 13.8 Å². The average molecular weight is 327 g/mol. The van der Waals surface area contributed by atoms with E-state index in [1.54, 1.807) is 12.4 Å². The molecule has 1 saturated heterocycles. The number of rotatable bonds is 5. The molecule has 3 rings (SSSR count). The number of piperidine rings is 1. The van der Waals surface area contributed by atoms with Gasteiger partial charge in [-0.1, -0.05) is 6.42 Å². The zero-order valence-corrected chi connectivity index (χ0v) is 14.4. The Balaban J connectivity index is 1.61. The summed E-state index contributed by atoms with van der Waals surface area (Å²) >= 11 is 0. The molecule has 6 nitrogen and oxygen atoms in total. The van der Waals surface area contributed by atoms with E-state index in [0.717, 1.165) is 37.3 Å².